The molecule has 0 aromatic rings. The predicted octanol–water partition coefficient (Wildman–Crippen LogP) is 1.89. The zero-order valence-electron chi connectivity index (χ0n) is 8.72. The quantitative estimate of drug-likeness (QED) is 0.689. The zero-order valence-corrected chi connectivity index (χ0v) is 8.72. The number of hydrogen-bond acceptors (Lipinski definition) is 2. The van der Waals surface area contributed by atoms with E-state index >= 15 is 0 Å². The summed E-state index contributed by atoms with van der Waals surface area (Å²) < 4.78 is 0. The lowest BCUT2D eigenvalue weighted by molar-refractivity contribution is -0.127. The second kappa shape index (κ2) is 3.06. The molecule has 0 amide bonds. The second-order valence-electron chi connectivity index (χ2n) is 5.48. The second-order valence-corrected chi connectivity index (χ2v) is 5.48. The molecular formula is C12H19NO. The van der Waals surface area contributed by atoms with Crippen LogP contribution in [0.25, 0.3) is 0 Å². The molecule has 0 aromatic carbocycles. The summed E-state index contributed by atoms with van der Waals surface area (Å²) in [5.74, 6) is 0.913. The Morgan fingerprint density at radius 1 is 1.29 bits per heavy atom. The molecule has 3 aliphatic rings. The number of hydrogen-bond donors (Lipinski definition) is 1. The predicted molar refractivity (Wildman–Crippen MR) is 55.0 cm³/mol. The topological polar surface area (TPSA) is 29.1 Å². The minimum atomic E-state index is 0.369. The summed E-state index contributed by atoms with van der Waals surface area (Å²) in [6.45, 7) is 1.13. The molecule has 78 valence electrons. The normalized spacial score (nSPS) is 40.4. The number of carbonyl (C=O) groups is 1. The van der Waals surface area contributed by atoms with E-state index in [-0.39, 0.29) is 0 Å². The van der Waals surface area contributed by atoms with Gasteiger partial charge >= 0.3 is 0 Å². The van der Waals surface area contributed by atoms with Gasteiger partial charge in [0.1, 0.15) is 5.78 Å². The van der Waals surface area contributed by atoms with Gasteiger partial charge in [-0.2, -0.15) is 0 Å². The van der Waals surface area contributed by atoms with Gasteiger partial charge in [-0.25, -0.2) is 0 Å². The molecule has 1 aliphatic heterocycles. The third-order valence-corrected chi connectivity index (χ3v) is 4.51. The average Bonchev–Trinajstić information content (AvgIpc) is 2.75. The smallest absolute Gasteiger partial charge is 0.137 e. The first-order valence-electron chi connectivity index (χ1n) is 6.05. The molecule has 2 atom stereocenters. The fourth-order valence-corrected chi connectivity index (χ4v) is 3.31. The Morgan fingerprint density at radius 3 is 2.79 bits per heavy atom. The molecule has 14 heavy (non-hydrogen) atoms. The highest BCUT2D eigenvalue weighted by Gasteiger charge is 2.50. The molecule has 2 aliphatic carbocycles. The third kappa shape index (κ3) is 1.40. The molecule has 1 heterocycles. The van der Waals surface area contributed by atoms with E-state index in [1.54, 1.807) is 0 Å². The van der Waals surface area contributed by atoms with Crippen molar-refractivity contribution in [3.05, 3.63) is 0 Å². The number of rotatable bonds is 1. The average molecular weight is 193 g/mol. The monoisotopic (exact) mass is 193 g/mol. The molecule has 1 saturated heterocycles. The van der Waals surface area contributed by atoms with Gasteiger partial charge in [0.05, 0.1) is 0 Å². The lowest BCUT2D eigenvalue weighted by atomic mass is 9.74. The Labute approximate surface area is 85.4 Å². The number of Topliss-reactive ketones (excluding diaryl/α,β-unsaturated/α-hetero) is 1. The number of carbonyl (C=O) groups excluding carboxylic acids is 1. The molecule has 2 saturated carbocycles. The first-order valence-corrected chi connectivity index (χ1v) is 6.05. The van der Waals surface area contributed by atoms with E-state index in [0.717, 1.165) is 13.0 Å². The van der Waals surface area contributed by atoms with Gasteiger partial charge in [0.25, 0.3) is 0 Å². The van der Waals surface area contributed by atoms with Crippen molar-refractivity contribution >= 4 is 5.78 Å². The molecule has 0 radical (unpaired) electrons. The summed E-state index contributed by atoms with van der Waals surface area (Å²) in [6, 6.07) is 0.528. The van der Waals surface area contributed by atoms with Crippen LogP contribution in [0.4, 0.5) is 0 Å². The lowest BCUT2D eigenvalue weighted by Gasteiger charge is -2.31. The maximum Gasteiger partial charge on any atom is 0.137 e. The van der Waals surface area contributed by atoms with Crippen LogP contribution < -0.4 is 5.32 Å². The van der Waals surface area contributed by atoms with Crippen molar-refractivity contribution < 1.29 is 4.79 Å². The van der Waals surface area contributed by atoms with E-state index in [4.69, 9.17) is 0 Å². The summed E-state index contributed by atoms with van der Waals surface area (Å²) in [7, 11) is 0. The molecule has 2 nitrogen and oxygen atoms in total. The van der Waals surface area contributed by atoms with Crippen molar-refractivity contribution in [2.75, 3.05) is 6.54 Å². The van der Waals surface area contributed by atoms with Crippen LogP contribution in [0.15, 0.2) is 0 Å². The standard InChI is InChI=1S/C12H19NO/c14-11-3-4-12(5-6-12)8-9(11)10-2-1-7-13-10/h9-10,13H,1-8H2. The van der Waals surface area contributed by atoms with Crippen molar-refractivity contribution in [1.82, 2.24) is 5.32 Å². The fourth-order valence-electron chi connectivity index (χ4n) is 3.31. The van der Waals surface area contributed by atoms with Gasteiger partial charge in [0.2, 0.25) is 0 Å². The maximum atomic E-state index is 11.9. The van der Waals surface area contributed by atoms with E-state index in [1.165, 1.54) is 38.5 Å². The Balaban J connectivity index is 1.72. The Bertz CT molecular complexity index is 251. The molecule has 2 unspecified atom stereocenters. The molecule has 2 heteroatoms. The summed E-state index contributed by atoms with van der Waals surface area (Å²) in [4.78, 5) is 11.9. The highest BCUT2D eigenvalue weighted by molar-refractivity contribution is 5.82. The van der Waals surface area contributed by atoms with Crippen molar-refractivity contribution in [1.29, 1.82) is 0 Å². The van der Waals surface area contributed by atoms with Crippen molar-refractivity contribution in [2.24, 2.45) is 11.3 Å². The number of ketones is 1. The zero-order chi connectivity index (χ0) is 9.60. The van der Waals surface area contributed by atoms with Crippen molar-refractivity contribution in [3.63, 3.8) is 0 Å². The Hall–Kier alpha value is -0.370. The highest BCUT2D eigenvalue weighted by atomic mass is 16.1. The highest BCUT2D eigenvalue weighted by Crippen LogP contribution is 2.57. The van der Waals surface area contributed by atoms with Gasteiger partial charge in [-0.3, -0.25) is 4.79 Å². The van der Waals surface area contributed by atoms with E-state index < -0.39 is 0 Å². The van der Waals surface area contributed by atoms with Crippen LogP contribution in [-0.4, -0.2) is 18.4 Å². The minimum absolute atomic E-state index is 0.369. The Kier molecular flexibility index (Phi) is 1.94. The molecule has 1 N–H and O–H groups in total. The lowest BCUT2D eigenvalue weighted by Crippen LogP contribution is -2.39. The van der Waals surface area contributed by atoms with Crippen LogP contribution in [0.2, 0.25) is 0 Å². The van der Waals surface area contributed by atoms with Gasteiger partial charge in [-0.15, -0.1) is 0 Å². The molecule has 0 aromatic heterocycles. The van der Waals surface area contributed by atoms with Gasteiger partial charge in [-0.05, 0) is 50.5 Å². The van der Waals surface area contributed by atoms with Gasteiger partial charge in [0.15, 0.2) is 0 Å². The van der Waals surface area contributed by atoms with Crippen LogP contribution in [-0.2, 0) is 4.79 Å². The fraction of sp³-hybridized carbons (Fsp3) is 0.917. The van der Waals surface area contributed by atoms with E-state index in [1.807, 2.05) is 0 Å². The van der Waals surface area contributed by atoms with E-state index in [9.17, 15) is 4.79 Å². The molecule has 3 rings (SSSR count). The largest absolute Gasteiger partial charge is 0.313 e. The summed E-state index contributed by atoms with van der Waals surface area (Å²) in [6.07, 6.45) is 8.53. The summed E-state index contributed by atoms with van der Waals surface area (Å²) in [5, 5.41) is 3.50. The first kappa shape index (κ1) is 8.90. The first-order chi connectivity index (χ1) is 6.79. The molecule has 3 fully saturated rings. The van der Waals surface area contributed by atoms with Gasteiger partial charge in [-0.1, -0.05) is 0 Å². The van der Waals surface area contributed by atoms with Crippen LogP contribution in [0.1, 0.15) is 44.9 Å². The molecular weight excluding hydrogens is 174 g/mol. The summed E-state index contributed by atoms with van der Waals surface area (Å²) >= 11 is 0. The Morgan fingerprint density at radius 2 is 2.14 bits per heavy atom. The van der Waals surface area contributed by atoms with Crippen molar-refractivity contribution in [2.45, 2.75) is 51.0 Å². The van der Waals surface area contributed by atoms with Crippen LogP contribution in [0.3, 0.4) is 0 Å². The SMILES string of the molecule is O=C1CCC2(CC2)CC1C1CCCN1. The number of nitrogens with one attached hydrogen (secondary N) is 1. The van der Waals surface area contributed by atoms with Gasteiger partial charge in [0, 0.05) is 18.4 Å². The molecule has 1 spiro atoms. The third-order valence-electron chi connectivity index (χ3n) is 4.51. The van der Waals surface area contributed by atoms with Crippen LogP contribution >= 0.6 is 0 Å². The van der Waals surface area contributed by atoms with Crippen LogP contribution in [0.5, 0.6) is 0 Å². The van der Waals surface area contributed by atoms with Gasteiger partial charge < -0.3 is 5.32 Å². The maximum absolute atomic E-state index is 11.9. The van der Waals surface area contributed by atoms with Crippen molar-refractivity contribution in [3.8, 4) is 0 Å². The molecule has 0 bridgehead atoms. The minimum Gasteiger partial charge on any atom is -0.313 e. The van der Waals surface area contributed by atoms with Crippen LogP contribution in [0, 0.1) is 11.3 Å². The van der Waals surface area contributed by atoms with E-state index in [0.29, 0.717) is 23.2 Å². The summed E-state index contributed by atoms with van der Waals surface area (Å²) in [5.41, 5.74) is 0.628. The van der Waals surface area contributed by atoms with E-state index in [2.05, 4.69) is 5.32 Å².